The van der Waals surface area contributed by atoms with Crippen molar-refractivity contribution in [2.24, 2.45) is 5.73 Å². The maximum absolute atomic E-state index is 6.12. The Kier molecular flexibility index (Phi) is 5.74. The Balaban J connectivity index is 2.25. The number of benzene rings is 1. The molecule has 1 unspecified atom stereocenters. The van der Waals surface area contributed by atoms with Crippen LogP contribution in [0.4, 0.5) is 0 Å². The van der Waals surface area contributed by atoms with Crippen molar-refractivity contribution in [2.45, 2.75) is 57.6 Å². The molecular formula is C17H27NO3. The lowest BCUT2D eigenvalue weighted by Crippen LogP contribution is -2.21. The molecule has 1 aliphatic rings. The Morgan fingerprint density at radius 2 is 1.71 bits per heavy atom. The van der Waals surface area contributed by atoms with Crippen LogP contribution in [0, 0.1) is 0 Å². The summed E-state index contributed by atoms with van der Waals surface area (Å²) in [7, 11) is 3.33. The highest BCUT2D eigenvalue weighted by Gasteiger charge is 2.22. The Hall–Kier alpha value is -1.42. The molecule has 4 nitrogen and oxygen atoms in total. The van der Waals surface area contributed by atoms with Crippen LogP contribution in [0.3, 0.4) is 0 Å². The molecule has 4 heteroatoms. The number of nitrogens with two attached hydrogens (primary N) is 1. The Morgan fingerprint density at radius 1 is 1.14 bits per heavy atom. The lowest BCUT2D eigenvalue weighted by Gasteiger charge is -2.20. The minimum Gasteiger partial charge on any atom is -0.493 e. The van der Waals surface area contributed by atoms with Crippen molar-refractivity contribution in [1.29, 1.82) is 0 Å². The van der Waals surface area contributed by atoms with Crippen LogP contribution in [-0.4, -0.2) is 26.4 Å². The van der Waals surface area contributed by atoms with E-state index in [1.165, 1.54) is 12.8 Å². The highest BCUT2D eigenvalue weighted by molar-refractivity contribution is 5.54. The fraction of sp³-hybridized carbons (Fsp3) is 0.647. The number of methoxy groups -OCH3 is 2. The molecule has 0 spiro atoms. The summed E-state index contributed by atoms with van der Waals surface area (Å²) in [6, 6.07) is 4.19. The van der Waals surface area contributed by atoms with Gasteiger partial charge in [0, 0.05) is 6.04 Å². The van der Waals surface area contributed by atoms with Crippen LogP contribution in [0.25, 0.3) is 0 Å². The summed E-state index contributed by atoms with van der Waals surface area (Å²) in [5, 5.41) is 0. The first kappa shape index (κ1) is 16.0. The molecule has 118 valence electrons. The normalized spacial score (nSPS) is 16.8. The topological polar surface area (TPSA) is 53.7 Å². The third kappa shape index (κ3) is 4.03. The fourth-order valence-electron chi connectivity index (χ4n) is 2.79. The van der Waals surface area contributed by atoms with Gasteiger partial charge in [0.25, 0.3) is 0 Å². The molecule has 1 atom stereocenters. The summed E-state index contributed by atoms with van der Waals surface area (Å²) >= 11 is 0. The van der Waals surface area contributed by atoms with Crippen LogP contribution in [0.5, 0.6) is 17.2 Å². The van der Waals surface area contributed by atoms with E-state index in [1.807, 2.05) is 12.1 Å². The molecule has 0 aromatic heterocycles. The van der Waals surface area contributed by atoms with Crippen molar-refractivity contribution in [2.75, 3.05) is 14.2 Å². The number of rotatable bonds is 7. The van der Waals surface area contributed by atoms with Crippen molar-refractivity contribution in [3.05, 3.63) is 17.7 Å². The van der Waals surface area contributed by atoms with Gasteiger partial charge in [0.1, 0.15) is 0 Å². The SMILES string of the molecule is CCC(N)Cc1cc(OC)c(OC2CCCC2)c(OC)c1. The lowest BCUT2D eigenvalue weighted by atomic mass is 10.0. The molecule has 1 aliphatic carbocycles. The van der Waals surface area contributed by atoms with Crippen LogP contribution in [0.15, 0.2) is 12.1 Å². The van der Waals surface area contributed by atoms with E-state index >= 15 is 0 Å². The minimum atomic E-state index is 0.154. The van der Waals surface area contributed by atoms with Crippen LogP contribution in [0.1, 0.15) is 44.6 Å². The molecule has 1 fully saturated rings. The van der Waals surface area contributed by atoms with E-state index in [2.05, 4.69) is 6.92 Å². The van der Waals surface area contributed by atoms with Crippen molar-refractivity contribution < 1.29 is 14.2 Å². The molecule has 1 aromatic rings. The van der Waals surface area contributed by atoms with Gasteiger partial charge in [-0.05, 0) is 56.2 Å². The summed E-state index contributed by atoms with van der Waals surface area (Å²) in [5.41, 5.74) is 7.17. The second-order valence-electron chi connectivity index (χ2n) is 5.73. The quantitative estimate of drug-likeness (QED) is 0.838. The zero-order valence-corrected chi connectivity index (χ0v) is 13.4. The molecular weight excluding hydrogens is 266 g/mol. The van der Waals surface area contributed by atoms with Crippen LogP contribution < -0.4 is 19.9 Å². The molecule has 1 aromatic carbocycles. The summed E-state index contributed by atoms with van der Waals surface area (Å²) in [4.78, 5) is 0. The van der Waals surface area contributed by atoms with Crippen LogP contribution in [-0.2, 0) is 6.42 Å². The maximum Gasteiger partial charge on any atom is 0.203 e. The van der Waals surface area contributed by atoms with Gasteiger partial charge in [0.15, 0.2) is 11.5 Å². The summed E-state index contributed by atoms with van der Waals surface area (Å²) in [6.07, 6.45) is 6.72. The number of hydrogen-bond donors (Lipinski definition) is 1. The zero-order valence-electron chi connectivity index (χ0n) is 13.4. The van der Waals surface area contributed by atoms with E-state index in [-0.39, 0.29) is 12.1 Å². The van der Waals surface area contributed by atoms with E-state index in [0.717, 1.165) is 48.5 Å². The average Bonchev–Trinajstić information content (AvgIpc) is 3.01. The second-order valence-corrected chi connectivity index (χ2v) is 5.73. The van der Waals surface area contributed by atoms with E-state index in [4.69, 9.17) is 19.9 Å². The molecule has 0 saturated heterocycles. The Labute approximate surface area is 127 Å². The molecule has 1 saturated carbocycles. The molecule has 0 aliphatic heterocycles. The molecule has 0 heterocycles. The van der Waals surface area contributed by atoms with Crippen LogP contribution in [0.2, 0.25) is 0 Å². The highest BCUT2D eigenvalue weighted by atomic mass is 16.5. The summed E-state index contributed by atoms with van der Waals surface area (Å²) in [6.45, 7) is 2.09. The molecule has 0 bridgehead atoms. The third-order valence-corrected chi connectivity index (χ3v) is 4.13. The minimum absolute atomic E-state index is 0.154. The van der Waals surface area contributed by atoms with Gasteiger partial charge in [-0.2, -0.15) is 0 Å². The molecule has 0 amide bonds. The van der Waals surface area contributed by atoms with Gasteiger partial charge < -0.3 is 19.9 Å². The lowest BCUT2D eigenvalue weighted by molar-refractivity contribution is 0.191. The standard InChI is InChI=1S/C17H27NO3/c1-4-13(18)9-12-10-15(19-2)17(16(11-12)20-3)21-14-7-5-6-8-14/h10-11,13-14H,4-9,18H2,1-3H3. The van der Waals surface area contributed by atoms with Gasteiger partial charge >= 0.3 is 0 Å². The Morgan fingerprint density at radius 3 is 2.19 bits per heavy atom. The fourth-order valence-corrected chi connectivity index (χ4v) is 2.79. The number of hydrogen-bond acceptors (Lipinski definition) is 4. The van der Waals surface area contributed by atoms with E-state index in [0.29, 0.717) is 0 Å². The monoisotopic (exact) mass is 293 g/mol. The van der Waals surface area contributed by atoms with Crippen molar-refractivity contribution in [3.63, 3.8) is 0 Å². The zero-order chi connectivity index (χ0) is 15.2. The molecule has 0 radical (unpaired) electrons. The van der Waals surface area contributed by atoms with E-state index in [1.54, 1.807) is 14.2 Å². The van der Waals surface area contributed by atoms with Crippen LogP contribution >= 0.6 is 0 Å². The van der Waals surface area contributed by atoms with Gasteiger partial charge in [-0.25, -0.2) is 0 Å². The first-order valence-corrected chi connectivity index (χ1v) is 7.85. The first-order chi connectivity index (χ1) is 10.2. The van der Waals surface area contributed by atoms with Crippen molar-refractivity contribution >= 4 is 0 Å². The smallest absolute Gasteiger partial charge is 0.203 e. The predicted molar refractivity (Wildman–Crippen MR) is 84.4 cm³/mol. The van der Waals surface area contributed by atoms with Gasteiger partial charge in [-0.15, -0.1) is 0 Å². The predicted octanol–water partition coefficient (Wildman–Crippen LogP) is 3.31. The van der Waals surface area contributed by atoms with Gasteiger partial charge in [-0.3, -0.25) is 0 Å². The third-order valence-electron chi connectivity index (χ3n) is 4.13. The van der Waals surface area contributed by atoms with Gasteiger partial charge in [0.2, 0.25) is 5.75 Å². The largest absolute Gasteiger partial charge is 0.493 e. The maximum atomic E-state index is 6.12. The van der Waals surface area contributed by atoms with Crippen molar-refractivity contribution in [1.82, 2.24) is 0 Å². The Bertz CT molecular complexity index is 430. The average molecular weight is 293 g/mol. The van der Waals surface area contributed by atoms with E-state index in [9.17, 15) is 0 Å². The second kappa shape index (κ2) is 7.55. The summed E-state index contributed by atoms with van der Waals surface area (Å²) in [5.74, 6) is 2.19. The van der Waals surface area contributed by atoms with Gasteiger partial charge in [-0.1, -0.05) is 6.92 Å². The van der Waals surface area contributed by atoms with Crippen molar-refractivity contribution in [3.8, 4) is 17.2 Å². The highest BCUT2D eigenvalue weighted by Crippen LogP contribution is 2.41. The van der Waals surface area contributed by atoms with Gasteiger partial charge in [0.05, 0.1) is 20.3 Å². The summed E-state index contributed by atoms with van der Waals surface area (Å²) < 4.78 is 17.1. The van der Waals surface area contributed by atoms with E-state index < -0.39 is 0 Å². The molecule has 2 rings (SSSR count). The first-order valence-electron chi connectivity index (χ1n) is 7.85. The number of ether oxygens (including phenoxy) is 3. The molecule has 2 N–H and O–H groups in total. The molecule has 21 heavy (non-hydrogen) atoms.